The summed E-state index contributed by atoms with van der Waals surface area (Å²) < 4.78 is 13.0. The molecule has 0 unspecified atom stereocenters. The second kappa shape index (κ2) is 4.35. The van der Waals surface area contributed by atoms with Gasteiger partial charge in [0.15, 0.2) is 0 Å². The topological polar surface area (TPSA) is 35.2 Å². The number of hydrogen-bond donors (Lipinski definition) is 1. The van der Waals surface area contributed by atoms with E-state index in [9.17, 15) is 4.39 Å². The molecule has 0 bridgehead atoms. The van der Waals surface area contributed by atoms with Gasteiger partial charge in [0.25, 0.3) is 0 Å². The summed E-state index contributed by atoms with van der Waals surface area (Å²) in [7, 11) is 0. The summed E-state index contributed by atoms with van der Waals surface area (Å²) in [5.41, 5.74) is 2.70. The van der Waals surface area contributed by atoms with Crippen molar-refractivity contribution in [2.45, 2.75) is 20.3 Å². The lowest BCUT2D eigenvalue weighted by Gasteiger charge is -2.06. The lowest BCUT2D eigenvalue weighted by molar-refractivity contribution is 0.141. The molecule has 0 aliphatic carbocycles. The third kappa shape index (κ3) is 2.50. The fourth-order valence-electron chi connectivity index (χ4n) is 1.28. The van der Waals surface area contributed by atoms with Crippen LogP contribution in [0.15, 0.2) is 12.1 Å². The van der Waals surface area contributed by atoms with Crippen LogP contribution in [-0.2, 0) is 11.3 Å². The van der Waals surface area contributed by atoms with Crippen LogP contribution >= 0.6 is 0 Å². The molecule has 0 aliphatic heterocycles. The van der Waals surface area contributed by atoms with Gasteiger partial charge in [0.05, 0.1) is 6.61 Å². The number of benzene rings is 1. The molecular weight excluding hydrogens is 169 g/mol. The van der Waals surface area contributed by atoms with Crippen molar-refractivity contribution in [1.29, 1.82) is 0 Å². The second-order valence-electron chi connectivity index (χ2n) is 3.15. The van der Waals surface area contributed by atoms with Crippen LogP contribution in [0, 0.1) is 19.7 Å². The number of nitrogens with two attached hydrogens (primary N) is 1. The van der Waals surface area contributed by atoms with E-state index in [1.165, 1.54) is 0 Å². The molecule has 1 rings (SSSR count). The number of halogens is 1. The summed E-state index contributed by atoms with van der Waals surface area (Å²) in [5, 5.41) is 0. The van der Waals surface area contributed by atoms with Crippen molar-refractivity contribution in [3.8, 4) is 0 Å². The average Bonchev–Trinajstić information content (AvgIpc) is 2.09. The molecule has 13 heavy (non-hydrogen) atoms. The highest BCUT2D eigenvalue weighted by Crippen LogP contribution is 2.14. The van der Waals surface area contributed by atoms with Gasteiger partial charge in [-0.05, 0) is 43.0 Å². The molecule has 0 saturated heterocycles. The molecule has 0 amide bonds. The van der Waals surface area contributed by atoms with Gasteiger partial charge in [0, 0.05) is 0 Å². The van der Waals surface area contributed by atoms with Crippen molar-refractivity contribution in [2.24, 2.45) is 5.90 Å². The Morgan fingerprint density at radius 3 is 2.62 bits per heavy atom. The van der Waals surface area contributed by atoms with E-state index >= 15 is 0 Å². The Kier molecular flexibility index (Phi) is 3.39. The normalized spacial score (nSPS) is 10.5. The predicted octanol–water partition coefficient (Wildman–Crippen LogP) is 1.88. The van der Waals surface area contributed by atoms with E-state index in [1.54, 1.807) is 13.0 Å². The zero-order valence-corrected chi connectivity index (χ0v) is 7.93. The lowest BCUT2D eigenvalue weighted by atomic mass is 10.0. The molecular formula is C10H14FNO. The number of aryl methyl sites for hydroxylation is 2. The maximum Gasteiger partial charge on any atom is 0.126 e. The molecule has 0 heterocycles. The molecule has 1 aromatic carbocycles. The van der Waals surface area contributed by atoms with Crippen LogP contribution in [0.5, 0.6) is 0 Å². The third-order valence-corrected chi connectivity index (χ3v) is 2.11. The quantitative estimate of drug-likeness (QED) is 0.726. The Labute approximate surface area is 77.5 Å². The highest BCUT2D eigenvalue weighted by molar-refractivity contribution is 5.31. The Hall–Kier alpha value is -0.930. The molecule has 2 N–H and O–H groups in total. The largest absolute Gasteiger partial charge is 0.304 e. The zero-order valence-electron chi connectivity index (χ0n) is 7.93. The van der Waals surface area contributed by atoms with Crippen LogP contribution in [0.3, 0.4) is 0 Å². The van der Waals surface area contributed by atoms with Crippen LogP contribution in [-0.4, -0.2) is 6.61 Å². The Bertz CT molecular complexity index is 299. The van der Waals surface area contributed by atoms with Crippen molar-refractivity contribution in [3.05, 3.63) is 34.6 Å². The van der Waals surface area contributed by atoms with Gasteiger partial charge in [-0.15, -0.1) is 0 Å². The van der Waals surface area contributed by atoms with Crippen molar-refractivity contribution in [2.75, 3.05) is 6.61 Å². The summed E-state index contributed by atoms with van der Waals surface area (Å²) in [4.78, 5) is 4.48. The monoisotopic (exact) mass is 183 g/mol. The molecule has 2 nitrogen and oxygen atoms in total. The SMILES string of the molecule is Cc1cc(CCON)c(C)cc1F. The van der Waals surface area contributed by atoms with Gasteiger partial charge in [-0.25, -0.2) is 10.3 Å². The van der Waals surface area contributed by atoms with E-state index in [0.29, 0.717) is 12.2 Å². The minimum Gasteiger partial charge on any atom is -0.304 e. The van der Waals surface area contributed by atoms with Gasteiger partial charge in [-0.3, -0.25) is 0 Å². The van der Waals surface area contributed by atoms with E-state index in [-0.39, 0.29) is 5.82 Å². The molecule has 0 spiro atoms. The Morgan fingerprint density at radius 2 is 2.00 bits per heavy atom. The van der Waals surface area contributed by atoms with Crippen LogP contribution in [0.4, 0.5) is 4.39 Å². The van der Waals surface area contributed by atoms with Gasteiger partial charge < -0.3 is 4.84 Å². The molecule has 0 radical (unpaired) electrons. The first kappa shape index (κ1) is 10.2. The van der Waals surface area contributed by atoms with E-state index in [0.717, 1.165) is 17.5 Å². The maximum absolute atomic E-state index is 13.0. The third-order valence-electron chi connectivity index (χ3n) is 2.11. The molecule has 0 fully saturated rings. The van der Waals surface area contributed by atoms with Crippen molar-refractivity contribution < 1.29 is 9.23 Å². The van der Waals surface area contributed by atoms with E-state index in [4.69, 9.17) is 5.90 Å². The second-order valence-corrected chi connectivity index (χ2v) is 3.15. The first-order chi connectivity index (χ1) is 6.15. The van der Waals surface area contributed by atoms with E-state index in [1.807, 2.05) is 13.0 Å². The first-order valence-corrected chi connectivity index (χ1v) is 4.22. The summed E-state index contributed by atoms with van der Waals surface area (Å²) >= 11 is 0. The summed E-state index contributed by atoms with van der Waals surface area (Å²) in [6.45, 7) is 4.10. The molecule has 0 aromatic heterocycles. The molecule has 0 atom stereocenters. The molecule has 3 heteroatoms. The van der Waals surface area contributed by atoms with Gasteiger partial charge in [0.1, 0.15) is 5.82 Å². The van der Waals surface area contributed by atoms with Crippen LogP contribution < -0.4 is 5.90 Å². The molecule has 72 valence electrons. The first-order valence-electron chi connectivity index (χ1n) is 4.22. The van der Waals surface area contributed by atoms with E-state index in [2.05, 4.69) is 4.84 Å². The lowest BCUT2D eigenvalue weighted by Crippen LogP contribution is -2.05. The smallest absolute Gasteiger partial charge is 0.126 e. The zero-order chi connectivity index (χ0) is 9.84. The predicted molar refractivity (Wildman–Crippen MR) is 49.7 cm³/mol. The molecule has 0 aliphatic rings. The molecule has 1 aromatic rings. The Balaban J connectivity index is 2.88. The molecule has 0 saturated carbocycles. The van der Waals surface area contributed by atoms with Crippen LogP contribution in [0.25, 0.3) is 0 Å². The van der Waals surface area contributed by atoms with Crippen molar-refractivity contribution >= 4 is 0 Å². The minimum atomic E-state index is -0.157. The summed E-state index contributed by atoms with van der Waals surface area (Å²) in [6.07, 6.45) is 0.726. The Morgan fingerprint density at radius 1 is 1.31 bits per heavy atom. The fraction of sp³-hybridized carbons (Fsp3) is 0.400. The minimum absolute atomic E-state index is 0.157. The number of rotatable bonds is 3. The average molecular weight is 183 g/mol. The summed E-state index contributed by atoms with van der Waals surface area (Å²) in [5.74, 6) is 4.76. The van der Waals surface area contributed by atoms with E-state index < -0.39 is 0 Å². The summed E-state index contributed by atoms with van der Waals surface area (Å²) in [6, 6.07) is 3.38. The van der Waals surface area contributed by atoms with Crippen molar-refractivity contribution in [3.63, 3.8) is 0 Å². The highest BCUT2D eigenvalue weighted by Gasteiger charge is 2.03. The van der Waals surface area contributed by atoms with Gasteiger partial charge >= 0.3 is 0 Å². The maximum atomic E-state index is 13.0. The standard InChI is InChI=1S/C10H14FNO/c1-7-6-10(11)8(2)5-9(7)3-4-13-12/h5-6H,3-4,12H2,1-2H3. The van der Waals surface area contributed by atoms with Crippen LogP contribution in [0.1, 0.15) is 16.7 Å². The van der Waals surface area contributed by atoms with Crippen molar-refractivity contribution in [1.82, 2.24) is 0 Å². The fourth-order valence-corrected chi connectivity index (χ4v) is 1.28. The van der Waals surface area contributed by atoms with Crippen LogP contribution in [0.2, 0.25) is 0 Å². The van der Waals surface area contributed by atoms with Gasteiger partial charge in [-0.2, -0.15) is 0 Å². The van der Waals surface area contributed by atoms with Gasteiger partial charge in [0.2, 0.25) is 0 Å². The highest BCUT2D eigenvalue weighted by atomic mass is 19.1. The number of hydrogen-bond acceptors (Lipinski definition) is 2. The van der Waals surface area contributed by atoms with Gasteiger partial charge in [-0.1, -0.05) is 6.07 Å².